The topological polar surface area (TPSA) is 80.3 Å². The molecule has 4 rings (SSSR count). The fourth-order valence-corrected chi connectivity index (χ4v) is 3.28. The fraction of sp³-hybridized carbons (Fsp3) is 0.0385. The van der Waals surface area contributed by atoms with Crippen LogP contribution < -0.4 is 15.4 Å². The van der Waals surface area contributed by atoms with E-state index in [1.165, 1.54) is 18.5 Å². The van der Waals surface area contributed by atoms with E-state index in [-0.39, 0.29) is 11.3 Å². The molecule has 4 aromatic rings. The van der Waals surface area contributed by atoms with Crippen molar-refractivity contribution in [3.05, 3.63) is 108 Å². The van der Waals surface area contributed by atoms with E-state index < -0.39 is 29.5 Å². The van der Waals surface area contributed by atoms with Crippen LogP contribution in [0.25, 0.3) is 11.1 Å². The number of aromatic nitrogens is 1. The summed E-state index contributed by atoms with van der Waals surface area (Å²) in [4.78, 5) is 29.3. The summed E-state index contributed by atoms with van der Waals surface area (Å²) in [7, 11) is 0. The molecule has 9 heteroatoms. The Morgan fingerprint density at radius 2 is 1.43 bits per heavy atom. The summed E-state index contributed by atoms with van der Waals surface area (Å²) in [6, 6.07) is 22.9. The van der Waals surface area contributed by atoms with Crippen LogP contribution in [0.15, 0.2) is 97.3 Å². The second-order valence-electron chi connectivity index (χ2n) is 7.35. The molecule has 0 aliphatic rings. The maximum Gasteiger partial charge on any atom is 0.573 e. The van der Waals surface area contributed by atoms with Crippen molar-refractivity contribution in [1.82, 2.24) is 4.98 Å². The normalized spacial score (nSPS) is 10.9. The molecular weight excluding hydrogens is 459 g/mol. The second kappa shape index (κ2) is 10.1. The summed E-state index contributed by atoms with van der Waals surface area (Å²) in [5.41, 5.74) is 2.22. The Kier molecular flexibility index (Phi) is 6.77. The summed E-state index contributed by atoms with van der Waals surface area (Å²) in [5, 5.41) is 5.12. The molecule has 35 heavy (non-hydrogen) atoms. The Bertz CT molecular complexity index is 1330. The number of benzene rings is 3. The molecule has 0 atom stereocenters. The van der Waals surface area contributed by atoms with Crippen LogP contribution in [0.4, 0.5) is 24.5 Å². The number of ether oxygens (including phenoxy) is 1. The average Bonchev–Trinajstić information content (AvgIpc) is 2.85. The Morgan fingerprint density at radius 3 is 2.09 bits per heavy atom. The number of halogens is 3. The zero-order valence-electron chi connectivity index (χ0n) is 18.0. The third-order valence-electron chi connectivity index (χ3n) is 4.88. The Labute approximate surface area is 198 Å². The van der Waals surface area contributed by atoms with Gasteiger partial charge in [-0.2, -0.15) is 0 Å². The van der Waals surface area contributed by atoms with Crippen LogP contribution in [0, 0.1) is 0 Å². The van der Waals surface area contributed by atoms with Gasteiger partial charge in [0, 0.05) is 17.4 Å². The minimum atomic E-state index is -5.02. The van der Waals surface area contributed by atoms with Crippen LogP contribution in [0.5, 0.6) is 5.75 Å². The first-order chi connectivity index (χ1) is 16.8. The van der Waals surface area contributed by atoms with Crippen LogP contribution in [0.2, 0.25) is 0 Å². The van der Waals surface area contributed by atoms with Gasteiger partial charge in [0.15, 0.2) is 0 Å². The van der Waals surface area contributed by atoms with Crippen molar-refractivity contribution in [2.45, 2.75) is 6.36 Å². The van der Waals surface area contributed by atoms with Crippen LogP contribution >= 0.6 is 0 Å². The number of pyridine rings is 1. The summed E-state index contributed by atoms with van der Waals surface area (Å²) in [5.74, 6) is -2.23. The number of carbonyl (C=O) groups is 2. The number of hydrogen-bond acceptors (Lipinski definition) is 4. The zero-order valence-corrected chi connectivity index (χ0v) is 18.0. The van der Waals surface area contributed by atoms with Crippen molar-refractivity contribution in [2.75, 3.05) is 10.6 Å². The Balaban J connectivity index is 1.56. The maximum atomic E-state index is 12.9. The molecule has 1 heterocycles. The fourth-order valence-electron chi connectivity index (χ4n) is 3.28. The lowest BCUT2D eigenvalue weighted by Gasteiger charge is -2.15. The maximum absolute atomic E-state index is 12.9. The van der Waals surface area contributed by atoms with Gasteiger partial charge in [0.05, 0.1) is 17.4 Å². The highest BCUT2D eigenvalue weighted by atomic mass is 19.4. The molecule has 2 N–H and O–H groups in total. The highest BCUT2D eigenvalue weighted by Gasteiger charge is 2.33. The van der Waals surface area contributed by atoms with Crippen molar-refractivity contribution in [3.8, 4) is 16.9 Å². The summed E-state index contributed by atoms with van der Waals surface area (Å²) in [6.07, 6.45) is -2.21. The van der Waals surface area contributed by atoms with E-state index in [1.54, 1.807) is 18.2 Å². The minimum absolute atomic E-state index is 0.0250. The van der Waals surface area contributed by atoms with Crippen LogP contribution in [-0.4, -0.2) is 23.2 Å². The molecular formula is C26H18F3N3O3. The van der Waals surface area contributed by atoms with Gasteiger partial charge in [-0.05, 0) is 53.6 Å². The number of hydrogen-bond donors (Lipinski definition) is 2. The van der Waals surface area contributed by atoms with Crippen molar-refractivity contribution in [1.29, 1.82) is 0 Å². The number of nitrogens with one attached hydrogen (secondary N) is 2. The summed E-state index contributed by atoms with van der Waals surface area (Å²) >= 11 is 0. The largest absolute Gasteiger partial charge is 0.573 e. The number of rotatable bonds is 6. The van der Waals surface area contributed by atoms with Crippen LogP contribution in [0.1, 0.15) is 20.7 Å². The SMILES string of the molecule is O=C(Nc1ccc(-c2ccccc2)cc1)c1ccc(OC(F)(F)F)c(C(=O)Nc2cccnc2)c1. The van der Waals surface area contributed by atoms with E-state index in [1.807, 2.05) is 42.5 Å². The molecule has 0 aliphatic heterocycles. The second-order valence-corrected chi connectivity index (χ2v) is 7.35. The van der Waals surface area contributed by atoms with Gasteiger partial charge in [-0.15, -0.1) is 13.2 Å². The predicted octanol–water partition coefficient (Wildman–Crippen LogP) is 6.15. The standard InChI is InChI=1S/C26H18F3N3O3/c27-26(28,29)35-23-13-10-19(15-22(23)25(34)32-21-7-4-14-30-16-21)24(33)31-20-11-8-18(9-12-20)17-5-2-1-3-6-17/h1-16H,(H,31,33)(H,32,34). The number of amides is 2. The number of anilines is 2. The third kappa shape index (κ3) is 6.23. The molecule has 1 aromatic heterocycles. The van der Waals surface area contributed by atoms with Crippen molar-refractivity contribution in [3.63, 3.8) is 0 Å². The molecule has 0 saturated heterocycles. The Hall–Kier alpha value is -4.66. The monoisotopic (exact) mass is 477 g/mol. The van der Waals surface area contributed by atoms with E-state index >= 15 is 0 Å². The smallest absolute Gasteiger partial charge is 0.405 e. The highest BCUT2D eigenvalue weighted by Crippen LogP contribution is 2.29. The van der Waals surface area contributed by atoms with Gasteiger partial charge in [0.2, 0.25) is 0 Å². The van der Waals surface area contributed by atoms with Crippen molar-refractivity contribution >= 4 is 23.2 Å². The van der Waals surface area contributed by atoms with E-state index in [9.17, 15) is 22.8 Å². The number of alkyl halides is 3. The lowest BCUT2D eigenvalue weighted by Crippen LogP contribution is -2.22. The number of nitrogens with zero attached hydrogens (tertiary/aromatic N) is 1. The molecule has 0 bridgehead atoms. The highest BCUT2D eigenvalue weighted by molar-refractivity contribution is 6.10. The molecule has 0 unspecified atom stereocenters. The number of carbonyl (C=O) groups excluding carboxylic acids is 2. The van der Waals surface area contributed by atoms with Gasteiger partial charge in [-0.3, -0.25) is 14.6 Å². The summed E-state index contributed by atoms with van der Waals surface area (Å²) in [6.45, 7) is 0. The molecule has 176 valence electrons. The van der Waals surface area contributed by atoms with Crippen LogP contribution in [0.3, 0.4) is 0 Å². The first-order valence-electron chi connectivity index (χ1n) is 10.4. The average molecular weight is 477 g/mol. The van der Waals surface area contributed by atoms with Gasteiger partial charge >= 0.3 is 6.36 Å². The molecule has 0 spiro atoms. The van der Waals surface area contributed by atoms with Gasteiger partial charge in [0.1, 0.15) is 5.75 Å². The van der Waals surface area contributed by atoms with E-state index in [4.69, 9.17) is 0 Å². The minimum Gasteiger partial charge on any atom is -0.405 e. The van der Waals surface area contributed by atoms with Gasteiger partial charge < -0.3 is 15.4 Å². The van der Waals surface area contributed by atoms with E-state index in [2.05, 4.69) is 20.4 Å². The lowest BCUT2D eigenvalue weighted by molar-refractivity contribution is -0.274. The van der Waals surface area contributed by atoms with E-state index in [0.717, 1.165) is 29.3 Å². The van der Waals surface area contributed by atoms with E-state index in [0.29, 0.717) is 5.69 Å². The van der Waals surface area contributed by atoms with Gasteiger partial charge in [-0.1, -0.05) is 42.5 Å². The van der Waals surface area contributed by atoms with Crippen molar-refractivity contribution < 1.29 is 27.5 Å². The predicted molar refractivity (Wildman–Crippen MR) is 125 cm³/mol. The van der Waals surface area contributed by atoms with Crippen LogP contribution in [-0.2, 0) is 0 Å². The zero-order chi connectivity index (χ0) is 24.8. The van der Waals surface area contributed by atoms with Gasteiger partial charge in [0.25, 0.3) is 11.8 Å². The molecule has 0 radical (unpaired) electrons. The lowest BCUT2D eigenvalue weighted by atomic mass is 10.1. The third-order valence-corrected chi connectivity index (χ3v) is 4.88. The first kappa shape index (κ1) is 23.5. The van der Waals surface area contributed by atoms with Crippen molar-refractivity contribution in [2.24, 2.45) is 0 Å². The van der Waals surface area contributed by atoms with Gasteiger partial charge in [-0.25, -0.2) is 0 Å². The summed E-state index contributed by atoms with van der Waals surface area (Å²) < 4.78 is 42.6. The molecule has 2 amide bonds. The first-order valence-corrected chi connectivity index (χ1v) is 10.4. The Morgan fingerprint density at radius 1 is 0.743 bits per heavy atom. The molecule has 3 aromatic carbocycles. The molecule has 6 nitrogen and oxygen atoms in total. The molecule has 0 fully saturated rings. The molecule has 0 aliphatic carbocycles. The molecule has 0 saturated carbocycles. The quantitative estimate of drug-likeness (QED) is 0.349.